The van der Waals surface area contributed by atoms with Crippen molar-refractivity contribution in [1.29, 1.82) is 0 Å². The minimum absolute atomic E-state index is 0.0481. The van der Waals surface area contributed by atoms with Crippen LogP contribution in [0.1, 0.15) is 34.8 Å². The number of rotatable bonds is 8. The van der Waals surface area contributed by atoms with Gasteiger partial charge in [-0.3, -0.25) is 20.3 Å². The first kappa shape index (κ1) is 19.4. The molecule has 3 aromatic rings. The molecule has 8 heteroatoms. The Hall–Kier alpha value is -3.39. The summed E-state index contributed by atoms with van der Waals surface area (Å²) < 4.78 is 5.47. The number of non-ortho nitro benzene ring substituents is 1. The molecule has 2 aromatic carbocycles. The lowest BCUT2D eigenvalue weighted by molar-refractivity contribution is -0.384. The highest BCUT2D eigenvalue weighted by atomic mass is 16.6. The maximum Gasteiger partial charge on any atom is 0.270 e. The number of fused-ring (bicyclic) bond motifs is 1. The van der Waals surface area contributed by atoms with E-state index in [1.165, 1.54) is 6.07 Å². The smallest absolute Gasteiger partial charge is 0.270 e. The van der Waals surface area contributed by atoms with Crippen LogP contribution in [-0.4, -0.2) is 29.5 Å². The third kappa shape index (κ3) is 4.12. The highest BCUT2D eigenvalue weighted by Gasteiger charge is 2.14. The summed E-state index contributed by atoms with van der Waals surface area (Å²) in [6.45, 7) is 2.70. The molecule has 3 N–H and O–H groups in total. The first-order valence-electron chi connectivity index (χ1n) is 8.98. The molecule has 0 radical (unpaired) electrons. The van der Waals surface area contributed by atoms with Crippen LogP contribution in [0.3, 0.4) is 0 Å². The van der Waals surface area contributed by atoms with Crippen LogP contribution in [0.5, 0.6) is 5.75 Å². The van der Waals surface area contributed by atoms with Crippen molar-refractivity contribution in [1.82, 2.24) is 15.8 Å². The molecular formula is C20H22N4O4. The number of hydrogen-bond acceptors (Lipinski definition) is 5. The molecule has 0 saturated carbocycles. The highest BCUT2D eigenvalue weighted by Crippen LogP contribution is 2.29. The van der Waals surface area contributed by atoms with Crippen molar-refractivity contribution < 1.29 is 14.5 Å². The zero-order valence-corrected chi connectivity index (χ0v) is 15.7. The van der Waals surface area contributed by atoms with Crippen LogP contribution in [-0.2, 0) is 6.42 Å². The summed E-state index contributed by atoms with van der Waals surface area (Å²) in [4.78, 5) is 26.0. The number of nitrogens with one attached hydrogen (secondary N) is 3. The fraction of sp³-hybridized carbons (Fsp3) is 0.250. The number of carbonyl (C=O) groups is 1. The molecule has 1 amide bonds. The SMILES string of the molecule is CCCNNC(=O)c1ccc(Cc2c[nH]c3ccc([N+](=O)[O-])cc23)c(OC)c1. The van der Waals surface area contributed by atoms with Gasteiger partial charge in [-0.25, -0.2) is 5.43 Å². The lowest BCUT2D eigenvalue weighted by Crippen LogP contribution is -2.37. The maximum absolute atomic E-state index is 12.2. The van der Waals surface area contributed by atoms with Crippen LogP contribution < -0.4 is 15.6 Å². The number of nitrogens with zero attached hydrogens (tertiary/aromatic N) is 1. The Morgan fingerprint density at radius 1 is 1.21 bits per heavy atom. The molecule has 0 spiro atoms. The number of carbonyl (C=O) groups excluding carboxylic acids is 1. The molecule has 8 nitrogen and oxygen atoms in total. The second-order valence-corrected chi connectivity index (χ2v) is 6.39. The molecular weight excluding hydrogens is 360 g/mol. The number of hydrogen-bond donors (Lipinski definition) is 3. The van der Waals surface area contributed by atoms with Crippen molar-refractivity contribution in [2.24, 2.45) is 0 Å². The predicted octanol–water partition coefficient (Wildman–Crippen LogP) is 3.32. The third-order valence-corrected chi connectivity index (χ3v) is 4.47. The number of H-pyrrole nitrogens is 1. The van der Waals surface area contributed by atoms with Crippen LogP contribution >= 0.6 is 0 Å². The van der Waals surface area contributed by atoms with Crippen molar-refractivity contribution in [3.05, 3.63) is 69.4 Å². The van der Waals surface area contributed by atoms with Gasteiger partial charge in [-0.05, 0) is 35.7 Å². The van der Waals surface area contributed by atoms with Crippen LogP contribution in [0.25, 0.3) is 10.9 Å². The Bertz CT molecular complexity index is 1010. The Balaban J connectivity index is 1.86. The second kappa shape index (κ2) is 8.53. The predicted molar refractivity (Wildman–Crippen MR) is 107 cm³/mol. The zero-order valence-electron chi connectivity index (χ0n) is 15.7. The van der Waals surface area contributed by atoms with Crippen molar-refractivity contribution in [2.45, 2.75) is 19.8 Å². The maximum atomic E-state index is 12.2. The van der Waals surface area contributed by atoms with Crippen LogP contribution in [0.15, 0.2) is 42.6 Å². The van der Waals surface area contributed by atoms with Gasteiger partial charge in [0.25, 0.3) is 11.6 Å². The molecule has 0 aliphatic carbocycles. The van der Waals surface area contributed by atoms with Gasteiger partial charge in [0, 0.05) is 47.8 Å². The number of aromatic amines is 1. The Morgan fingerprint density at radius 2 is 2.04 bits per heavy atom. The summed E-state index contributed by atoms with van der Waals surface area (Å²) in [6.07, 6.45) is 3.26. The van der Waals surface area contributed by atoms with Crippen LogP contribution in [0.2, 0.25) is 0 Å². The van der Waals surface area contributed by atoms with Crippen molar-refractivity contribution in [2.75, 3.05) is 13.7 Å². The summed E-state index contributed by atoms with van der Waals surface area (Å²) in [5.41, 5.74) is 8.66. The molecule has 0 aliphatic rings. The van der Waals surface area contributed by atoms with Gasteiger partial charge in [0.15, 0.2) is 0 Å². The number of aromatic nitrogens is 1. The number of hydrazine groups is 1. The molecule has 0 atom stereocenters. The first-order valence-corrected chi connectivity index (χ1v) is 8.98. The van der Waals surface area contributed by atoms with Gasteiger partial charge < -0.3 is 9.72 Å². The number of nitro benzene ring substituents is 1. The van der Waals surface area contributed by atoms with Crippen molar-refractivity contribution in [3.8, 4) is 5.75 Å². The van der Waals surface area contributed by atoms with Gasteiger partial charge in [-0.15, -0.1) is 0 Å². The molecule has 3 rings (SSSR count). The van der Waals surface area contributed by atoms with Gasteiger partial charge in [0.05, 0.1) is 12.0 Å². The van der Waals surface area contributed by atoms with E-state index in [1.54, 1.807) is 31.4 Å². The largest absolute Gasteiger partial charge is 0.496 e. The number of benzene rings is 2. The number of methoxy groups -OCH3 is 1. The Morgan fingerprint density at radius 3 is 2.75 bits per heavy atom. The van der Waals surface area contributed by atoms with Crippen molar-refractivity contribution in [3.63, 3.8) is 0 Å². The summed E-state index contributed by atoms with van der Waals surface area (Å²) >= 11 is 0. The fourth-order valence-electron chi connectivity index (χ4n) is 3.00. The van der Waals surface area contributed by atoms with E-state index in [2.05, 4.69) is 15.8 Å². The average molecular weight is 382 g/mol. The van der Waals surface area contributed by atoms with E-state index in [1.807, 2.05) is 19.2 Å². The van der Waals surface area contributed by atoms with Crippen LogP contribution in [0, 0.1) is 10.1 Å². The highest BCUT2D eigenvalue weighted by molar-refractivity contribution is 5.94. The number of amides is 1. The third-order valence-electron chi connectivity index (χ3n) is 4.47. The Labute approximate surface area is 162 Å². The molecule has 0 aliphatic heterocycles. The van der Waals surface area contributed by atoms with Gasteiger partial charge in [-0.2, -0.15) is 0 Å². The lowest BCUT2D eigenvalue weighted by atomic mass is 10.0. The molecule has 0 saturated heterocycles. The molecule has 0 fully saturated rings. The zero-order chi connectivity index (χ0) is 20.1. The van der Waals surface area contributed by atoms with Gasteiger partial charge in [-0.1, -0.05) is 13.0 Å². The van der Waals surface area contributed by atoms with E-state index in [-0.39, 0.29) is 11.6 Å². The summed E-state index contributed by atoms with van der Waals surface area (Å²) in [7, 11) is 1.55. The molecule has 0 bridgehead atoms. The van der Waals surface area contributed by atoms with E-state index in [9.17, 15) is 14.9 Å². The van der Waals surface area contributed by atoms with Crippen LogP contribution in [0.4, 0.5) is 5.69 Å². The standard InChI is InChI=1S/C20H22N4O4/c1-3-8-22-23-20(25)14-5-4-13(19(10-14)28-2)9-15-12-21-18-7-6-16(24(26)27)11-17(15)18/h4-7,10-12,21-22H,3,8-9H2,1-2H3,(H,23,25). The minimum atomic E-state index is -0.406. The van der Waals surface area contributed by atoms with Gasteiger partial charge >= 0.3 is 0 Å². The second-order valence-electron chi connectivity index (χ2n) is 6.39. The van der Waals surface area contributed by atoms with E-state index >= 15 is 0 Å². The van der Waals surface area contributed by atoms with E-state index in [4.69, 9.17) is 4.74 Å². The van der Waals surface area contributed by atoms with E-state index < -0.39 is 4.92 Å². The number of ether oxygens (including phenoxy) is 1. The quantitative estimate of drug-likeness (QED) is 0.315. The number of nitro groups is 1. The topological polar surface area (TPSA) is 109 Å². The summed E-state index contributed by atoms with van der Waals surface area (Å²) in [5, 5.41) is 11.9. The Kier molecular flexibility index (Phi) is 5.90. The summed E-state index contributed by atoms with van der Waals surface area (Å²) in [5.74, 6) is 0.351. The molecule has 1 aromatic heterocycles. The molecule has 0 unspecified atom stereocenters. The molecule has 28 heavy (non-hydrogen) atoms. The monoisotopic (exact) mass is 382 g/mol. The summed E-state index contributed by atoms with van der Waals surface area (Å²) in [6, 6.07) is 10.0. The molecule has 146 valence electrons. The van der Waals surface area contributed by atoms with Crippen molar-refractivity contribution >= 4 is 22.5 Å². The van der Waals surface area contributed by atoms with Gasteiger partial charge in [0.1, 0.15) is 5.75 Å². The van der Waals surface area contributed by atoms with Gasteiger partial charge in [0.2, 0.25) is 0 Å². The minimum Gasteiger partial charge on any atom is -0.496 e. The average Bonchev–Trinajstić information content (AvgIpc) is 3.10. The van der Waals surface area contributed by atoms with E-state index in [0.29, 0.717) is 24.3 Å². The lowest BCUT2D eigenvalue weighted by Gasteiger charge is -2.11. The van der Waals surface area contributed by atoms with E-state index in [0.717, 1.165) is 28.5 Å². The first-order chi connectivity index (χ1) is 13.5. The fourth-order valence-corrected chi connectivity index (χ4v) is 3.00. The normalized spacial score (nSPS) is 10.8. The molecule has 1 heterocycles.